The van der Waals surface area contributed by atoms with E-state index in [0.717, 1.165) is 18.1 Å². The first-order valence-electron chi connectivity index (χ1n) is 7.10. The minimum Gasteiger partial charge on any atom is -0.481 e. The maximum Gasteiger partial charge on any atom is 0.305 e. The molecule has 1 aliphatic heterocycles. The molecule has 2 aliphatic rings. The molecular formula is C14H25NO2S. The number of carboxylic acids is 1. The predicted octanol–water partition coefficient (Wildman–Crippen LogP) is 2.99. The van der Waals surface area contributed by atoms with E-state index in [-0.39, 0.29) is 5.54 Å². The van der Waals surface area contributed by atoms with Crippen LogP contribution in [0.4, 0.5) is 0 Å². The van der Waals surface area contributed by atoms with Gasteiger partial charge in [0.05, 0.1) is 6.42 Å². The average Bonchev–Trinajstić information content (AvgIpc) is 2.75. The van der Waals surface area contributed by atoms with E-state index in [0.29, 0.717) is 12.5 Å². The molecule has 1 N–H and O–H groups in total. The molecule has 1 saturated carbocycles. The number of hydrogen-bond acceptors (Lipinski definition) is 3. The van der Waals surface area contributed by atoms with Gasteiger partial charge in [-0.25, -0.2) is 0 Å². The van der Waals surface area contributed by atoms with Crippen molar-refractivity contribution in [1.82, 2.24) is 4.90 Å². The fourth-order valence-corrected chi connectivity index (χ4v) is 4.87. The van der Waals surface area contributed by atoms with E-state index < -0.39 is 5.97 Å². The van der Waals surface area contributed by atoms with Crippen molar-refractivity contribution in [2.75, 3.05) is 12.8 Å². The van der Waals surface area contributed by atoms with Crippen LogP contribution >= 0.6 is 11.8 Å². The molecule has 0 aromatic carbocycles. The summed E-state index contributed by atoms with van der Waals surface area (Å²) < 4.78 is 0. The van der Waals surface area contributed by atoms with E-state index in [1.807, 2.05) is 11.8 Å². The van der Waals surface area contributed by atoms with Crippen molar-refractivity contribution < 1.29 is 9.90 Å². The Labute approximate surface area is 114 Å². The molecule has 0 amide bonds. The van der Waals surface area contributed by atoms with Crippen molar-refractivity contribution in [2.45, 2.75) is 68.7 Å². The van der Waals surface area contributed by atoms with Gasteiger partial charge in [-0.1, -0.05) is 26.2 Å². The molecule has 1 heterocycles. The first-order valence-corrected chi connectivity index (χ1v) is 8.15. The SMILES string of the molecule is CC1CC(N(C)C2(CC(=O)O)CCCCC2)CS1. The second-order valence-electron chi connectivity index (χ2n) is 6.00. The van der Waals surface area contributed by atoms with E-state index >= 15 is 0 Å². The van der Waals surface area contributed by atoms with E-state index in [2.05, 4.69) is 18.9 Å². The van der Waals surface area contributed by atoms with Crippen molar-refractivity contribution in [3.8, 4) is 0 Å². The minimum atomic E-state index is -0.637. The molecule has 1 saturated heterocycles. The summed E-state index contributed by atoms with van der Waals surface area (Å²) in [6.45, 7) is 2.28. The van der Waals surface area contributed by atoms with E-state index in [9.17, 15) is 9.90 Å². The van der Waals surface area contributed by atoms with Crippen molar-refractivity contribution in [3.63, 3.8) is 0 Å². The van der Waals surface area contributed by atoms with Crippen LogP contribution in [0.1, 0.15) is 51.9 Å². The second-order valence-corrected chi connectivity index (χ2v) is 7.47. The first kappa shape index (κ1) is 14.2. The summed E-state index contributed by atoms with van der Waals surface area (Å²) in [5.74, 6) is 0.529. The number of carboxylic acid groups (broad SMARTS) is 1. The van der Waals surface area contributed by atoms with Crippen molar-refractivity contribution in [2.24, 2.45) is 0 Å². The van der Waals surface area contributed by atoms with Gasteiger partial charge in [0.2, 0.25) is 0 Å². The summed E-state index contributed by atoms with van der Waals surface area (Å²) in [6, 6.07) is 0.572. The van der Waals surface area contributed by atoms with Crippen LogP contribution in [0.25, 0.3) is 0 Å². The Morgan fingerprint density at radius 2 is 2.06 bits per heavy atom. The van der Waals surface area contributed by atoms with Crippen LogP contribution in [0.5, 0.6) is 0 Å². The van der Waals surface area contributed by atoms with Gasteiger partial charge in [-0.05, 0) is 26.3 Å². The number of carbonyl (C=O) groups is 1. The highest BCUT2D eigenvalue weighted by atomic mass is 32.2. The van der Waals surface area contributed by atoms with E-state index in [1.165, 1.54) is 31.4 Å². The van der Waals surface area contributed by atoms with Gasteiger partial charge in [0.1, 0.15) is 0 Å². The van der Waals surface area contributed by atoms with Gasteiger partial charge in [-0.15, -0.1) is 0 Å². The van der Waals surface area contributed by atoms with Gasteiger partial charge in [0, 0.05) is 22.6 Å². The van der Waals surface area contributed by atoms with Gasteiger partial charge in [0.15, 0.2) is 0 Å². The molecular weight excluding hydrogens is 246 g/mol. The smallest absolute Gasteiger partial charge is 0.305 e. The predicted molar refractivity (Wildman–Crippen MR) is 76.2 cm³/mol. The number of nitrogens with zero attached hydrogens (tertiary/aromatic N) is 1. The Bertz CT molecular complexity index is 302. The molecule has 3 nitrogen and oxygen atoms in total. The summed E-state index contributed by atoms with van der Waals surface area (Å²) in [5.41, 5.74) is -0.0701. The summed E-state index contributed by atoms with van der Waals surface area (Å²) in [4.78, 5) is 13.7. The highest BCUT2D eigenvalue weighted by molar-refractivity contribution is 8.00. The molecule has 0 aromatic heterocycles. The van der Waals surface area contributed by atoms with Gasteiger partial charge in [-0.2, -0.15) is 11.8 Å². The van der Waals surface area contributed by atoms with Crippen LogP contribution in [0.2, 0.25) is 0 Å². The summed E-state index contributed by atoms with van der Waals surface area (Å²) in [5, 5.41) is 9.97. The van der Waals surface area contributed by atoms with Crippen molar-refractivity contribution in [1.29, 1.82) is 0 Å². The lowest BCUT2D eigenvalue weighted by Crippen LogP contribution is -2.53. The van der Waals surface area contributed by atoms with Crippen LogP contribution in [-0.4, -0.2) is 45.6 Å². The number of aliphatic carboxylic acids is 1. The highest BCUT2D eigenvalue weighted by Crippen LogP contribution is 2.40. The standard InChI is InChI=1S/C14H25NO2S/c1-11-8-12(10-18-11)15(2)14(9-13(16)17)6-4-3-5-7-14/h11-12H,3-10H2,1-2H3,(H,16,17). The third-order valence-corrected chi connectivity index (χ3v) is 6.08. The molecule has 0 bridgehead atoms. The number of thioether (sulfide) groups is 1. The normalized spacial score (nSPS) is 31.7. The number of rotatable bonds is 4. The largest absolute Gasteiger partial charge is 0.481 e. The van der Waals surface area contributed by atoms with Crippen LogP contribution in [0.15, 0.2) is 0 Å². The Balaban J connectivity index is 2.09. The third kappa shape index (κ3) is 3.02. The molecule has 104 valence electrons. The molecule has 0 aromatic rings. The van der Waals surface area contributed by atoms with Gasteiger partial charge in [0.25, 0.3) is 0 Å². The van der Waals surface area contributed by atoms with Crippen LogP contribution in [0, 0.1) is 0 Å². The van der Waals surface area contributed by atoms with Crippen LogP contribution in [-0.2, 0) is 4.79 Å². The monoisotopic (exact) mass is 271 g/mol. The van der Waals surface area contributed by atoms with Crippen LogP contribution in [0.3, 0.4) is 0 Å². The minimum absolute atomic E-state index is 0.0701. The Hall–Kier alpha value is -0.220. The van der Waals surface area contributed by atoms with E-state index in [4.69, 9.17) is 0 Å². The number of hydrogen-bond donors (Lipinski definition) is 1. The van der Waals surface area contributed by atoms with Gasteiger partial charge < -0.3 is 5.11 Å². The molecule has 18 heavy (non-hydrogen) atoms. The lowest BCUT2D eigenvalue weighted by atomic mass is 9.77. The zero-order valence-electron chi connectivity index (χ0n) is 11.5. The second kappa shape index (κ2) is 5.83. The first-order chi connectivity index (χ1) is 8.53. The molecule has 0 spiro atoms. The fraction of sp³-hybridized carbons (Fsp3) is 0.929. The lowest BCUT2D eigenvalue weighted by molar-refractivity contribution is -0.141. The van der Waals surface area contributed by atoms with Crippen LogP contribution < -0.4 is 0 Å². The average molecular weight is 271 g/mol. The molecule has 2 fully saturated rings. The van der Waals surface area contributed by atoms with Gasteiger partial charge in [-0.3, -0.25) is 9.69 Å². The maximum atomic E-state index is 11.2. The quantitative estimate of drug-likeness (QED) is 0.853. The van der Waals surface area contributed by atoms with Crippen molar-refractivity contribution >= 4 is 17.7 Å². The van der Waals surface area contributed by atoms with E-state index in [1.54, 1.807) is 0 Å². The summed E-state index contributed by atoms with van der Waals surface area (Å²) in [7, 11) is 2.16. The maximum absolute atomic E-state index is 11.2. The Morgan fingerprint density at radius 3 is 2.56 bits per heavy atom. The van der Waals surface area contributed by atoms with Gasteiger partial charge >= 0.3 is 5.97 Å². The zero-order chi connectivity index (χ0) is 13.2. The fourth-order valence-electron chi connectivity index (χ4n) is 3.60. The molecule has 2 rings (SSSR count). The van der Waals surface area contributed by atoms with Crippen molar-refractivity contribution in [3.05, 3.63) is 0 Å². The molecule has 0 radical (unpaired) electrons. The zero-order valence-corrected chi connectivity index (χ0v) is 12.3. The molecule has 2 atom stereocenters. The summed E-state index contributed by atoms with van der Waals surface area (Å²) >= 11 is 2.03. The Kier molecular flexibility index (Phi) is 4.59. The highest BCUT2D eigenvalue weighted by Gasteiger charge is 2.42. The molecule has 1 aliphatic carbocycles. The topological polar surface area (TPSA) is 40.5 Å². The summed E-state index contributed by atoms with van der Waals surface area (Å²) in [6.07, 6.45) is 7.30. The Morgan fingerprint density at radius 1 is 1.39 bits per heavy atom. The lowest BCUT2D eigenvalue weighted by Gasteiger charge is -2.46. The molecule has 2 unspecified atom stereocenters. The third-order valence-electron chi connectivity index (χ3n) is 4.74. The molecule has 4 heteroatoms.